The molecule has 1 atom stereocenters. The summed E-state index contributed by atoms with van der Waals surface area (Å²) in [6.07, 6.45) is 6.22. The molecule has 0 aromatic heterocycles. The van der Waals surface area contributed by atoms with E-state index in [1.165, 1.54) is 19.3 Å². The molecule has 0 radical (unpaired) electrons. The maximum absolute atomic E-state index is 12.0. The van der Waals surface area contributed by atoms with Crippen LogP contribution in [0.3, 0.4) is 0 Å². The third-order valence-electron chi connectivity index (χ3n) is 3.94. The summed E-state index contributed by atoms with van der Waals surface area (Å²) < 4.78 is 5.16. The third kappa shape index (κ3) is 2.38. The second kappa shape index (κ2) is 5.15. The highest BCUT2D eigenvalue weighted by molar-refractivity contribution is 5.82. The van der Waals surface area contributed by atoms with Crippen molar-refractivity contribution in [2.45, 2.75) is 44.2 Å². The Morgan fingerprint density at radius 2 is 1.94 bits per heavy atom. The summed E-state index contributed by atoms with van der Waals surface area (Å²) in [7, 11) is 1.69. The highest BCUT2D eigenvalue weighted by Gasteiger charge is 2.36. The van der Waals surface area contributed by atoms with Crippen LogP contribution in [0.5, 0.6) is 0 Å². The number of nitrogens with two attached hydrogens (primary N) is 1. The van der Waals surface area contributed by atoms with E-state index in [1.54, 1.807) is 7.11 Å². The summed E-state index contributed by atoms with van der Waals surface area (Å²) in [6.45, 7) is 1.44. The maximum atomic E-state index is 12.0. The second-order valence-corrected chi connectivity index (χ2v) is 5.02. The van der Waals surface area contributed by atoms with E-state index in [0.717, 1.165) is 25.9 Å². The summed E-state index contributed by atoms with van der Waals surface area (Å²) in [4.78, 5) is 13.9. The highest BCUT2D eigenvalue weighted by Crippen LogP contribution is 2.27. The van der Waals surface area contributed by atoms with Crippen molar-refractivity contribution >= 4 is 5.91 Å². The average molecular weight is 226 g/mol. The van der Waals surface area contributed by atoms with Gasteiger partial charge < -0.3 is 15.4 Å². The van der Waals surface area contributed by atoms with Crippen LogP contribution in [0.15, 0.2) is 0 Å². The largest absolute Gasteiger partial charge is 0.378 e. The fourth-order valence-corrected chi connectivity index (χ4v) is 2.67. The first-order valence-corrected chi connectivity index (χ1v) is 6.29. The van der Waals surface area contributed by atoms with Crippen molar-refractivity contribution in [1.29, 1.82) is 0 Å². The van der Waals surface area contributed by atoms with E-state index in [0.29, 0.717) is 5.92 Å². The highest BCUT2D eigenvalue weighted by atomic mass is 16.5. The fourth-order valence-electron chi connectivity index (χ4n) is 2.67. The van der Waals surface area contributed by atoms with Gasteiger partial charge in [0.15, 0.2) is 0 Å². The lowest BCUT2D eigenvalue weighted by Gasteiger charge is -2.41. The lowest BCUT2D eigenvalue weighted by atomic mass is 9.83. The van der Waals surface area contributed by atoms with Gasteiger partial charge in [-0.05, 0) is 18.8 Å². The average Bonchev–Trinajstić information content (AvgIpc) is 2.27. The van der Waals surface area contributed by atoms with Gasteiger partial charge in [0.05, 0.1) is 12.1 Å². The summed E-state index contributed by atoms with van der Waals surface area (Å²) in [6, 6.07) is -0.280. The molecule has 1 aliphatic carbocycles. The number of hydrogen-bond acceptors (Lipinski definition) is 3. The zero-order valence-electron chi connectivity index (χ0n) is 10.0. The number of ether oxygens (including phenoxy) is 1. The van der Waals surface area contributed by atoms with Gasteiger partial charge in [-0.25, -0.2) is 0 Å². The molecule has 2 rings (SSSR count). The van der Waals surface area contributed by atoms with Gasteiger partial charge in [0.25, 0.3) is 0 Å². The standard InChI is InChI=1S/C12H22N2O2/c1-16-10-7-14(8-10)12(15)11(13)9-5-3-2-4-6-9/h9-11H,2-8,13H2,1H3. The molecule has 2 fully saturated rings. The van der Waals surface area contributed by atoms with Crippen molar-refractivity contribution in [3.63, 3.8) is 0 Å². The molecule has 0 aromatic carbocycles. The van der Waals surface area contributed by atoms with E-state index < -0.39 is 0 Å². The van der Waals surface area contributed by atoms with Crippen molar-refractivity contribution < 1.29 is 9.53 Å². The van der Waals surface area contributed by atoms with Crippen LogP contribution in [-0.4, -0.2) is 43.2 Å². The minimum Gasteiger partial charge on any atom is -0.378 e. The maximum Gasteiger partial charge on any atom is 0.239 e. The van der Waals surface area contributed by atoms with Crippen LogP contribution in [0.2, 0.25) is 0 Å². The van der Waals surface area contributed by atoms with Gasteiger partial charge >= 0.3 is 0 Å². The number of hydrogen-bond donors (Lipinski definition) is 1. The molecule has 1 amide bonds. The summed E-state index contributed by atoms with van der Waals surface area (Å²) in [5.41, 5.74) is 6.06. The van der Waals surface area contributed by atoms with Crippen LogP contribution in [0, 0.1) is 5.92 Å². The molecule has 1 heterocycles. The fraction of sp³-hybridized carbons (Fsp3) is 0.917. The summed E-state index contributed by atoms with van der Waals surface area (Å²) in [5.74, 6) is 0.531. The minimum atomic E-state index is -0.280. The van der Waals surface area contributed by atoms with Crippen molar-refractivity contribution in [3.05, 3.63) is 0 Å². The Morgan fingerprint density at radius 1 is 1.31 bits per heavy atom. The topological polar surface area (TPSA) is 55.6 Å². The molecule has 1 saturated heterocycles. The summed E-state index contributed by atoms with van der Waals surface area (Å²) in [5, 5.41) is 0. The van der Waals surface area contributed by atoms with Crippen LogP contribution in [0.25, 0.3) is 0 Å². The molecular formula is C12H22N2O2. The predicted octanol–water partition coefficient (Wildman–Crippen LogP) is 0.751. The van der Waals surface area contributed by atoms with Gasteiger partial charge in [-0.1, -0.05) is 19.3 Å². The van der Waals surface area contributed by atoms with Crippen LogP contribution < -0.4 is 5.73 Å². The van der Waals surface area contributed by atoms with Gasteiger partial charge in [-0.3, -0.25) is 4.79 Å². The van der Waals surface area contributed by atoms with E-state index in [-0.39, 0.29) is 18.1 Å². The molecule has 92 valence electrons. The van der Waals surface area contributed by atoms with Crippen LogP contribution in [-0.2, 0) is 9.53 Å². The van der Waals surface area contributed by atoms with Crippen molar-refractivity contribution in [2.75, 3.05) is 20.2 Å². The zero-order chi connectivity index (χ0) is 11.5. The molecule has 2 N–H and O–H groups in total. The van der Waals surface area contributed by atoms with E-state index in [9.17, 15) is 4.79 Å². The van der Waals surface area contributed by atoms with E-state index in [4.69, 9.17) is 10.5 Å². The van der Waals surface area contributed by atoms with E-state index in [1.807, 2.05) is 4.90 Å². The Balaban J connectivity index is 1.80. The Morgan fingerprint density at radius 3 is 2.50 bits per heavy atom. The second-order valence-electron chi connectivity index (χ2n) is 5.02. The summed E-state index contributed by atoms with van der Waals surface area (Å²) >= 11 is 0. The van der Waals surface area contributed by atoms with Gasteiger partial charge in [0.1, 0.15) is 0 Å². The minimum absolute atomic E-state index is 0.125. The van der Waals surface area contributed by atoms with E-state index >= 15 is 0 Å². The molecule has 16 heavy (non-hydrogen) atoms. The van der Waals surface area contributed by atoms with Gasteiger partial charge in [0.2, 0.25) is 5.91 Å². The molecule has 1 unspecified atom stereocenters. The van der Waals surface area contributed by atoms with E-state index in [2.05, 4.69) is 0 Å². The first-order valence-electron chi connectivity index (χ1n) is 6.29. The molecule has 1 saturated carbocycles. The van der Waals surface area contributed by atoms with Crippen molar-refractivity contribution in [3.8, 4) is 0 Å². The molecule has 0 aromatic rings. The SMILES string of the molecule is COC1CN(C(=O)C(N)C2CCCCC2)C1. The zero-order valence-corrected chi connectivity index (χ0v) is 10.0. The van der Waals surface area contributed by atoms with Crippen molar-refractivity contribution in [2.24, 2.45) is 11.7 Å². The lowest BCUT2D eigenvalue weighted by molar-refractivity contribution is -0.146. The first kappa shape index (κ1) is 11.9. The van der Waals surface area contributed by atoms with Crippen LogP contribution >= 0.6 is 0 Å². The molecule has 0 spiro atoms. The molecule has 4 nitrogen and oxygen atoms in total. The van der Waals surface area contributed by atoms with Crippen LogP contribution in [0.1, 0.15) is 32.1 Å². The Kier molecular flexibility index (Phi) is 3.82. The molecule has 2 aliphatic rings. The smallest absolute Gasteiger partial charge is 0.239 e. The Hall–Kier alpha value is -0.610. The van der Waals surface area contributed by atoms with Gasteiger partial charge in [-0.2, -0.15) is 0 Å². The molecule has 4 heteroatoms. The van der Waals surface area contributed by atoms with Crippen LogP contribution in [0.4, 0.5) is 0 Å². The number of carbonyl (C=O) groups is 1. The normalized spacial score (nSPS) is 25.2. The molecular weight excluding hydrogens is 204 g/mol. The quantitative estimate of drug-likeness (QED) is 0.772. The number of rotatable bonds is 3. The predicted molar refractivity (Wildman–Crippen MR) is 61.9 cm³/mol. The number of nitrogens with zero attached hydrogens (tertiary/aromatic N) is 1. The Bertz CT molecular complexity index is 245. The monoisotopic (exact) mass is 226 g/mol. The number of amides is 1. The number of carbonyl (C=O) groups excluding carboxylic acids is 1. The number of likely N-dealkylation sites (tertiary alicyclic amines) is 1. The third-order valence-corrected chi connectivity index (χ3v) is 3.94. The van der Waals surface area contributed by atoms with Gasteiger partial charge in [0, 0.05) is 20.2 Å². The van der Waals surface area contributed by atoms with Gasteiger partial charge in [-0.15, -0.1) is 0 Å². The molecule has 0 bridgehead atoms. The van der Waals surface area contributed by atoms with Crippen molar-refractivity contribution in [1.82, 2.24) is 4.90 Å². The molecule has 1 aliphatic heterocycles. The first-order chi connectivity index (χ1) is 7.72. The lowest BCUT2D eigenvalue weighted by Crippen LogP contribution is -2.59. The number of methoxy groups -OCH3 is 1. The Labute approximate surface area is 97.1 Å².